The zero-order chi connectivity index (χ0) is 9.54. The second-order valence-electron chi connectivity index (χ2n) is 4.30. The molecule has 2 aliphatic rings. The van der Waals surface area contributed by atoms with Gasteiger partial charge in [0.15, 0.2) is 0 Å². The van der Waals surface area contributed by atoms with E-state index in [1.807, 2.05) is 13.1 Å². The van der Waals surface area contributed by atoms with Crippen molar-refractivity contribution >= 4 is 5.69 Å². The van der Waals surface area contributed by atoms with E-state index in [0.717, 1.165) is 24.2 Å². The third-order valence-corrected chi connectivity index (χ3v) is 3.36. The molecule has 0 aromatic carbocycles. The SMILES string of the molecule is Cc1ccc(N2C[C@H]3CNC[C@H]32)cn1. The highest BCUT2D eigenvalue weighted by atomic mass is 15.3. The normalized spacial score (nSPS) is 29.9. The molecule has 2 atom stereocenters. The zero-order valence-corrected chi connectivity index (χ0v) is 8.40. The van der Waals surface area contributed by atoms with Crippen LogP contribution in [0.2, 0.25) is 0 Å². The van der Waals surface area contributed by atoms with Crippen LogP contribution in [-0.4, -0.2) is 30.7 Å². The van der Waals surface area contributed by atoms with Gasteiger partial charge in [0.1, 0.15) is 0 Å². The molecule has 1 aromatic rings. The first-order chi connectivity index (χ1) is 6.84. The minimum absolute atomic E-state index is 0.722. The highest BCUT2D eigenvalue weighted by Crippen LogP contribution is 2.32. The summed E-state index contributed by atoms with van der Waals surface area (Å²) in [6.45, 7) is 5.56. The van der Waals surface area contributed by atoms with Crippen LogP contribution >= 0.6 is 0 Å². The molecule has 0 saturated carbocycles. The fourth-order valence-electron chi connectivity index (χ4n) is 2.45. The van der Waals surface area contributed by atoms with Crippen LogP contribution < -0.4 is 10.2 Å². The van der Waals surface area contributed by atoms with E-state index in [0.29, 0.717) is 0 Å². The van der Waals surface area contributed by atoms with Gasteiger partial charge in [-0.2, -0.15) is 0 Å². The van der Waals surface area contributed by atoms with Gasteiger partial charge in [-0.05, 0) is 19.1 Å². The molecule has 2 aliphatic heterocycles. The molecule has 3 rings (SSSR count). The minimum atomic E-state index is 0.722. The number of pyridine rings is 1. The predicted octanol–water partition coefficient (Wildman–Crippen LogP) is 0.798. The Morgan fingerprint density at radius 3 is 3.07 bits per heavy atom. The van der Waals surface area contributed by atoms with Gasteiger partial charge in [-0.15, -0.1) is 0 Å². The quantitative estimate of drug-likeness (QED) is 0.708. The van der Waals surface area contributed by atoms with E-state index in [2.05, 4.69) is 27.3 Å². The summed E-state index contributed by atoms with van der Waals surface area (Å²) in [5.41, 5.74) is 2.37. The van der Waals surface area contributed by atoms with Gasteiger partial charge < -0.3 is 10.2 Å². The number of aryl methyl sites for hydroxylation is 1. The lowest BCUT2D eigenvalue weighted by atomic mass is 9.91. The standard InChI is InChI=1S/C11H15N3/c1-8-2-3-10(5-13-8)14-7-9-4-12-6-11(9)14/h2-3,5,9,11-12H,4,6-7H2,1H3/t9-,11-/m1/s1. The Morgan fingerprint density at radius 1 is 1.43 bits per heavy atom. The molecule has 0 unspecified atom stereocenters. The summed E-state index contributed by atoms with van der Waals surface area (Å²) >= 11 is 0. The Labute approximate surface area is 84.1 Å². The number of rotatable bonds is 1. The molecule has 0 aliphatic carbocycles. The largest absolute Gasteiger partial charge is 0.365 e. The summed E-state index contributed by atoms with van der Waals surface area (Å²) in [6, 6.07) is 4.99. The molecule has 0 bridgehead atoms. The molecule has 14 heavy (non-hydrogen) atoms. The monoisotopic (exact) mass is 189 g/mol. The van der Waals surface area contributed by atoms with Gasteiger partial charge in [0.05, 0.1) is 11.9 Å². The van der Waals surface area contributed by atoms with Crippen molar-refractivity contribution in [3.8, 4) is 0 Å². The topological polar surface area (TPSA) is 28.2 Å². The third kappa shape index (κ3) is 1.12. The van der Waals surface area contributed by atoms with Gasteiger partial charge in [-0.1, -0.05) is 0 Å². The van der Waals surface area contributed by atoms with Crippen LogP contribution in [0.5, 0.6) is 0 Å². The fourth-order valence-corrected chi connectivity index (χ4v) is 2.45. The highest BCUT2D eigenvalue weighted by molar-refractivity contribution is 5.49. The first-order valence-electron chi connectivity index (χ1n) is 5.24. The Hall–Kier alpha value is -1.09. The van der Waals surface area contributed by atoms with Crippen LogP contribution in [0.1, 0.15) is 5.69 Å². The number of nitrogens with zero attached hydrogens (tertiary/aromatic N) is 2. The highest BCUT2D eigenvalue weighted by Gasteiger charge is 2.41. The van der Waals surface area contributed by atoms with E-state index >= 15 is 0 Å². The summed E-state index contributed by atoms with van der Waals surface area (Å²) in [6.07, 6.45) is 1.99. The van der Waals surface area contributed by atoms with Crippen molar-refractivity contribution in [2.45, 2.75) is 13.0 Å². The van der Waals surface area contributed by atoms with Crippen LogP contribution in [0.3, 0.4) is 0 Å². The average molecular weight is 189 g/mol. The molecule has 0 radical (unpaired) electrons. The van der Waals surface area contributed by atoms with E-state index in [1.165, 1.54) is 18.8 Å². The fraction of sp³-hybridized carbons (Fsp3) is 0.545. The molecule has 1 aromatic heterocycles. The number of fused-ring (bicyclic) bond motifs is 1. The molecule has 2 saturated heterocycles. The number of hydrogen-bond acceptors (Lipinski definition) is 3. The zero-order valence-electron chi connectivity index (χ0n) is 8.40. The second kappa shape index (κ2) is 2.95. The van der Waals surface area contributed by atoms with Gasteiger partial charge >= 0.3 is 0 Å². The lowest BCUT2D eigenvalue weighted by Gasteiger charge is -2.45. The van der Waals surface area contributed by atoms with E-state index in [-0.39, 0.29) is 0 Å². The van der Waals surface area contributed by atoms with Crippen LogP contribution in [0.4, 0.5) is 5.69 Å². The summed E-state index contributed by atoms with van der Waals surface area (Å²) < 4.78 is 0. The van der Waals surface area contributed by atoms with Crippen molar-refractivity contribution in [1.82, 2.24) is 10.3 Å². The number of aromatic nitrogens is 1. The van der Waals surface area contributed by atoms with E-state index in [9.17, 15) is 0 Å². The summed E-state index contributed by atoms with van der Waals surface area (Å²) in [5, 5.41) is 3.43. The number of anilines is 1. The van der Waals surface area contributed by atoms with Crippen molar-refractivity contribution in [3.63, 3.8) is 0 Å². The molecular formula is C11H15N3. The van der Waals surface area contributed by atoms with Gasteiger partial charge in [0, 0.05) is 37.3 Å². The Morgan fingerprint density at radius 2 is 2.36 bits per heavy atom. The van der Waals surface area contributed by atoms with Crippen molar-refractivity contribution < 1.29 is 0 Å². The molecule has 3 nitrogen and oxygen atoms in total. The lowest BCUT2D eigenvalue weighted by Crippen LogP contribution is -2.55. The molecule has 74 valence electrons. The first-order valence-corrected chi connectivity index (χ1v) is 5.24. The maximum Gasteiger partial charge on any atom is 0.0556 e. The summed E-state index contributed by atoms with van der Waals surface area (Å²) in [4.78, 5) is 6.79. The molecule has 0 amide bonds. The Bertz CT molecular complexity index is 333. The predicted molar refractivity (Wildman–Crippen MR) is 56.5 cm³/mol. The van der Waals surface area contributed by atoms with Crippen molar-refractivity contribution in [2.24, 2.45) is 5.92 Å². The maximum absolute atomic E-state index is 4.33. The molecule has 2 fully saturated rings. The van der Waals surface area contributed by atoms with Gasteiger partial charge in [0.25, 0.3) is 0 Å². The van der Waals surface area contributed by atoms with Crippen molar-refractivity contribution in [3.05, 3.63) is 24.0 Å². The van der Waals surface area contributed by atoms with Crippen LogP contribution in [0.25, 0.3) is 0 Å². The first kappa shape index (κ1) is 8.24. The molecule has 0 spiro atoms. The summed E-state index contributed by atoms with van der Waals surface area (Å²) in [7, 11) is 0. The molecule has 3 heterocycles. The third-order valence-electron chi connectivity index (χ3n) is 3.36. The number of hydrogen-bond donors (Lipinski definition) is 1. The van der Waals surface area contributed by atoms with Crippen molar-refractivity contribution in [1.29, 1.82) is 0 Å². The summed E-state index contributed by atoms with van der Waals surface area (Å²) in [5.74, 6) is 0.872. The van der Waals surface area contributed by atoms with Gasteiger partial charge in [0.2, 0.25) is 0 Å². The molecule has 1 N–H and O–H groups in total. The van der Waals surface area contributed by atoms with E-state index < -0.39 is 0 Å². The van der Waals surface area contributed by atoms with Crippen LogP contribution in [-0.2, 0) is 0 Å². The Balaban J connectivity index is 1.80. The van der Waals surface area contributed by atoms with E-state index in [1.54, 1.807) is 0 Å². The van der Waals surface area contributed by atoms with E-state index in [4.69, 9.17) is 0 Å². The minimum Gasteiger partial charge on any atom is -0.365 e. The molecule has 3 heteroatoms. The smallest absolute Gasteiger partial charge is 0.0556 e. The lowest BCUT2D eigenvalue weighted by molar-refractivity contribution is 0.365. The number of nitrogens with one attached hydrogen (secondary N) is 1. The van der Waals surface area contributed by atoms with Crippen LogP contribution in [0.15, 0.2) is 18.3 Å². The van der Waals surface area contributed by atoms with Gasteiger partial charge in [-0.25, -0.2) is 0 Å². The Kier molecular flexibility index (Phi) is 1.74. The van der Waals surface area contributed by atoms with Crippen LogP contribution in [0, 0.1) is 12.8 Å². The molecular weight excluding hydrogens is 174 g/mol. The van der Waals surface area contributed by atoms with Crippen molar-refractivity contribution in [2.75, 3.05) is 24.5 Å². The van der Waals surface area contributed by atoms with Gasteiger partial charge in [-0.3, -0.25) is 4.98 Å². The second-order valence-corrected chi connectivity index (χ2v) is 4.30. The average Bonchev–Trinajstić information content (AvgIpc) is 2.52. The maximum atomic E-state index is 4.33.